The average molecular weight is 530 g/mol. The van der Waals surface area contributed by atoms with Crippen molar-refractivity contribution in [3.05, 3.63) is 70.7 Å². The van der Waals surface area contributed by atoms with Gasteiger partial charge in [0.05, 0.1) is 11.0 Å². The van der Waals surface area contributed by atoms with Crippen molar-refractivity contribution >= 4 is 38.6 Å². The second-order valence-corrected chi connectivity index (χ2v) is 10.4. The molecule has 1 amide bonds. The molecule has 2 N–H and O–H groups in total. The van der Waals surface area contributed by atoms with Crippen LogP contribution in [0.15, 0.2) is 54.1 Å². The molecule has 4 aromatic rings. The molecule has 14 heteroatoms. The minimum Gasteiger partial charge on any atom is -0.618 e. The van der Waals surface area contributed by atoms with Gasteiger partial charge >= 0.3 is 0 Å². The van der Waals surface area contributed by atoms with Crippen LogP contribution in [0.3, 0.4) is 0 Å². The van der Waals surface area contributed by atoms with Gasteiger partial charge in [0.2, 0.25) is 16.7 Å². The molecule has 1 aliphatic rings. The SMILES string of the molecule is O=C(c1ncc(-c2cc[n+]([O-])c(CO)c2)cn1)N1CCN(S(=O)(=O)c2nc3cc(Cl)ccc3[nH]2)CC1. The van der Waals surface area contributed by atoms with E-state index in [-0.39, 0.29) is 42.9 Å². The maximum Gasteiger partial charge on any atom is 0.291 e. The number of aliphatic hydroxyl groups is 1. The van der Waals surface area contributed by atoms with Crippen molar-refractivity contribution in [1.82, 2.24) is 29.1 Å². The zero-order valence-corrected chi connectivity index (χ0v) is 20.3. The monoisotopic (exact) mass is 529 g/mol. The van der Waals surface area contributed by atoms with E-state index in [1.807, 2.05) is 0 Å². The predicted molar refractivity (Wildman–Crippen MR) is 128 cm³/mol. The summed E-state index contributed by atoms with van der Waals surface area (Å²) in [6, 6.07) is 7.96. The van der Waals surface area contributed by atoms with Crippen LogP contribution in [0.4, 0.5) is 0 Å². The molecule has 1 aliphatic heterocycles. The summed E-state index contributed by atoms with van der Waals surface area (Å²) in [7, 11) is -3.88. The van der Waals surface area contributed by atoms with E-state index in [0.717, 1.165) is 0 Å². The molecule has 186 valence electrons. The smallest absolute Gasteiger partial charge is 0.291 e. The Bertz CT molecular complexity index is 1550. The number of sulfonamides is 1. The number of fused-ring (bicyclic) bond motifs is 1. The molecule has 0 radical (unpaired) electrons. The normalized spacial score (nSPS) is 14.9. The number of pyridine rings is 1. The Morgan fingerprint density at radius 2 is 1.83 bits per heavy atom. The number of carbonyl (C=O) groups is 1. The number of piperazine rings is 1. The van der Waals surface area contributed by atoms with Gasteiger partial charge in [0.1, 0.15) is 6.61 Å². The van der Waals surface area contributed by atoms with E-state index in [4.69, 9.17) is 11.6 Å². The van der Waals surface area contributed by atoms with Gasteiger partial charge in [-0.05, 0) is 23.8 Å². The number of rotatable bonds is 5. The molecule has 0 saturated carbocycles. The highest BCUT2D eigenvalue weighted by Crippen LogP contribution is 2.22. The summed E-state index contributed by atoms with van der Waals surface area (Å²) in [6.07, 6.45) is 4.19. The number of aliphatic hydroxyl groups excluding tert-OH is 1. The van der Waals surface area contributed by atoms with Crippen LogP contribution in [-0.4, -0.2) is 74.8 Å². The summed E-state index contributed by atoms with van der Waals surface area (Å²) in [5.41, 5.74) is 2.38. The number of benzene rings is 1. The third kappa shape index (κ3) is 4.48. The van der Waals surface area contributed by atoms with Crippen molar-refractivity contribution < 1.29 is 23.0 Å². The molecular weight excluding hydrogens is 510 g/mol. The fourth-order valence-corrected chi connectivity index (χ4v) is 5.40. The molecule has 12 nitrogen and oxygen atoms in total. The molecule has 5 rings (SSSR count). The van der Waals surface area contributed by atoms with E-state index in [1.165, 1.54) is 33.9 Å². The van der Waals surface area contributed by atoms with Crippen LogP contribution in [0.1, 0.15) is 16.3 Å². The van der Waals surface area contributed by atoms with Crippen molar-refractivity contribution in [2.24, 2.45) is 0 Å². The molecule has 1 aromatic carbocycles. The van der Waals surface area contributed by atoms with Crippen LogP contribution in [0, 0.1) is 5.21 Å². The number of nitrogens with zero attached hydrogens (tertiary/aromatic N) is 6. The second kappa shape index (κ2) is 9.43. The van der Waals surface area contributed by atoms with Crippen LogP contribution < -0.4 is 4.73 Å². The highest BCUT2D eigenvalue weighted by atomic mass is 35.5. The number of hydrogen-bond donors (Lipinski definition) is 2. The van der Waals surface area contributed by atoms with E-state index in [1.54, 1.807) is 24.3 Å². The van der Waals surface area contributed by atoms with Gasteiger partial charge < -0.3 is 20.2 Å². The molecule has 36 heavy (non-hydrogen) atoms. The quantitative estimate of drug-likeness (QED) is 0.285. The van der Waals surface area contributed by atoms with E-state index >= 15 is 0 Å². The average Bonchev–Trinajstić information content (AvgIpc) is 3.33. The summed E-state index contributed by atoms with van der Waals surface area (Å²) in [5, 5.41) is 21.1. The molecule has 1 fully saturated rings. The Kier molecular flexibility index (Phi) is 6.30. The number of amides is 1. The molecular formula is C22H20ClN7O5S. The molecule has 0 unspecified atom stereocenters. The fourth-order valence-electron chi connectivity index (χ4n) is 3.89. The number of imidazole rings is 1. The Hall–Kier alpha value is -3.65. The van der Waals surface area contributed by atoms with Gasteiger partial charge in [-0.2, -0.15) is 9.04 Å². The number of nitrogens with one attached hydrogen (secondary N) is 1. The topological polar surface area (TPSA) is 159 Å². The zero-order chi connectivity index (χ0) is 25.4. The first-order chi connectivity index (χ1) is 17.3. The van der Waals surface area contributed by atoms with E-state index < -0.39 is 22.5 Å². The van der Waals surface area contributed by atoms with Crippen molar-refractivity contribution in [3.63, 3.8) is 0 Å². The van der Waals surface area contributed by atoms with Gasteiger partial charge in [-0.25, -0.2) is 23.4 Å². The number of aromatic nitrogens is 5. The Balaban J connectivity index is 1.26. The van der Waals surface area contributed by atoms with Crippen LogP contribution >= 0.6 is 11.6 Å². The molecule has 4 heterocycles. The summed E-state index contributed by atoms with van der Waals surface area (Å²) in [6.45, 7) is 0.0932. The van der Waals surface area contributed by atoms with Crippen LogP contribution in [0.5, 0.6) is 0 Å². The lowest BCUT2D eigenvalue weighted by Crippen LogP contribution is -2.50. The number of H-pyrrole nitrogens is 1. The third-order valence-corrected chi connectivity index (χ3v) is 7.83. The second-order valence-electron chi connectivity index (χ2n) is 8.09. The lowest BCUT2D eigenvalue weighted by Gasteiger charge is -2.33. The number of hydrogen-bond acceptors (Lipinski definition) is 8. The number of carbonyl (C=O) groups excluding carboxylic acids is 1. The summed E-state index contributed by atoms with van der Waals surface area (Å²) in [5.74, 6) is -0.445. The highest BCUT2D eigenvalue weighted by molar-refractivity contribution is 7.89. The molecule has 0 spiro atoms. The lowest BCUT2D eigenvalue weighted by molar-refractivity contribution is -0.616. The first-order valence-electron chi connectivity index (χ1n) is 10.9. The van der Waals surface area contributed by atoms with Crippen molar-refractivity contribution in [2.75, 3.05) is 26.2 Å². The maximum atomic E-state index is 13.1. The molecule has 0 aliphatic carbocycles. The first-order valence-corrected chi connectivity index (χ1v) is 12.7. The largest absolute Gasteiger partial charge is 0.618 e. The fraction of sp³-hybridized carbons (Fsp3) is 0.227. The zero-order valence-electron chi connectivity index (χ0n) is 18.7. The van der Waals surface area contributed by atoms with Crippen LogP contribution in [-0.2, 0) is 16.6 Å². The number of halogens is 1. The van der Waals surface area contributed by atoms with Crippen molar-refractivity contribution in [2.45, 2.75) is 11.8 Å². The van der Waals surface area contributed by atoms with Crippen molar-refractivity contribution in [1.29, 1.82) is 0 Å². The third-order valence-electron chi connectivity index (χ3n) is 5.87. The summed E-state index contributed by atoms with van der Waals surface area (Å²) < 4.78 is 28.0. The predicted octanol–water partition coefficient (Wildman–Crippen LogP) is 0.946. The van der Waals surface area contributed by atoms with Gasteiger partial charge in [0, 0.05) is 61.3 Å². The number of aromatic amines is 1. The summed E-state index contributed by atoms with van der Waals surface area (Å²) >= 11 is 5.96. The highest BCUT2D eigenvalue weighted by Gasteiger charge is 2.33. The minimum atomic E-state index is -3.88. The minimum absolute atomic E-state index is 0.0265. The Labute approximate surface area is 210 Å². The van der Waals surface area contributed by atoms with Gasteiger partial charge in [-0.15, -0.1) is 0 Å². The Morgan fingerprint density at radius 1 is 1.11 bits per heavy atom. The lowest BCUT2D eigenvalue weighted by atomic mass is 10.1. The maximum absolute atomic E-state index is 13.1. The van der Waals surface area contributed by atoms with Crippen molar-refractivity contribution in [3.8, 4) is 11.1 Å². The molecule has 0 atom stereocenters. The first kappa shape index (κ1) is 24.1. The van der Waals surface area contributed by atoms with E-state index in [9.17, 15) is 23.5 Å². The van der Waals surface area contributed by atoms with Gasteiger partial charge in [-0.1, -0.05) is 11.6 Å². The Morgan fingerprint density at radius 3 is 2.53 bits per heavy atom. The molecule has 3 aromatic heterocycles. The van der Waals surface area contributed by atoms with Crippen LogP contribution in [0.2, 0.25) is 5.02 Å². The molecule has 1 saturated heterocycles. The summed E-state index contributed by atoms with van der Waals surface area (Å²) in [4.78, 5) is 29.7. The van der Waals surface area contributed by atoms with Crippen LogP contribution in [0.25, 0.3) is 22.2 Å². The van der Waals surface area contributed by atoms with E-state index in [0.29, 0.717) is 31.9 Å². The molecule has 0 bridgehead atoms. The van der Waals surface area contributed by atoms with Gasteiger partial charge in [0.15, 0.2) is 6.20 Å². The standard InChI is InChI=1S/C22H20ClN7O5S/c23-16-1-2-18-19(10-16)27-22(26-18)36(34,35)29-7-5-28(6-8-29)21(32)20-24-11-15(12-25-20)14-3-4-30(33)17(9-14)13-31/h1-4,9-12,31H,5-8,13H2,(H,26,27). The van der Waals surface area contributed by atoms with Gasteiger partial charge in [0.25, 0.3) is 15.9 Å². The van der Waals surface area contributed by atoms with E-state index in [2.05, 4.69) is 19.9 Å². The van der Waals surface area contributed by atoms with Gasteiger partial charge in [-0.3, -0.25) is 4.79 Å².